The molecule has 0 aliphatic heterocycles. The number of ether oxygens (including phenoxy) is 1. The smallest absolute Gasteiger partial charge is 0.319 e. The maximum Gasteiger partial charge on any atom is 0.319 e. The zero-order chi connectivity index (χ0) is 16.8. The summed E-state index contributed by atoms with van der Waals surface area (Å²) in [6.07, 6.45) is 2.04. The number of nitrogens with one attached hydrogen (secondary N) is 2. The van der Waals surface area contributed by atoms with Crippen molar-refractivity contribution in [2.24, 2.45) is 0 Å². The lowest BCUT2D eigenvalue weighted by atomic mass is 10.2. The molecule has 5 nitrogen and oxygen atoms in total. The van der Waals surface area contributed by atoms with Crippen LogP contribution in [-0.4, -0.2) is 23.3 Å². The van der Waals surface area contributed by atoms with Crippen molar-refractivity contribution in [3.63, 3.8) is 0 Å². The second kappa shape index (κ2) is 7.84. The third-order valence-corrected chi connectivity index (χ3v) is 4.20. The van der Waals surface area contributed by atoms with E-state index in [2.05, 4.69) is 10.6 Å². The number of aliphatic hydroxyl groups excluding tert-OH is 1. The number of aliphatic hydroxyl groups is 1. The minimum Gasteiger partial charge on any atom is -0.489 e. The van der Waals surface area contributed by atoms with Crippen molar-refractivity contribution < 1.29 is 14.6 Å². The van der Waals surface area contributed by atoms with Crippen LogP contribution in [0.15, 0.2) is 54.6 Å². The second-order valence-electron chi connectivity index (χ2n) is 5.96. The fraction of sp³-hybridized carbons (Fsp3) is 0.316. The molecule has 24 heavy (non-hydrogen) atoms. The SMILES string of the molecule is O=C(Nc1ccccc1COc1ccccc1)N[C@H]1CCC[C@@H]1O. The number of urea groups is 1. The van der Waals surface area contributed by atoms with Crippen molar-refractivity contribution in [2.45, 2.75) is 38.0 Å². The first-order valence-electron chi connectivity index (χ1n) is 8.24. The zero-order valence-corrected chi connectivity index (χ0v) is 13.4. The van der Waals surface area contributed by atoms with Crippen LogP contribution in [0.25, 0.3) is 0 Å². The maximum atomic E-state index is 12.2. The first-order valence-corrected chi connectivity index (χ1v) is 8.24. The van der Waals surface area contributed by atoms with Crippen LogP contribution in [0, 0.1) is 0 Å². The molecular formula is C19H22N2O3. The first-order chi connectivity index (χ1) is 11.7. The molecule has 0 spiro atoms. The van der Waals surface area contributed by atoms with E-state index in [0.29, 0.717) is 12.3 Å². The average molecular weight is 326 g/mol. The van der Waals surface area contributed by atoms with Gasteiger partial charge in [-0.15, -0.1) is 0 Å². The van der Waals surface area contributed by atoms with Crippen LogP contribution in [0.1, 0.15) is 24.8 Å². The van der Waals surface area contributed by atoms with E-state index in [9.17, 15) is 9.90 Å². The van der Waals surface area contributed by atoms with Gasteiger partial charge in [-0.1, -0.05) is 36.4 Å². The zero-order valence-electron chi connectivity index (χ0n) is 13.4. The number of para-hydroxylation sites is 2. The Kier molecular flexibility index (Phi) is 5.33. The lowest BCUT2D eigenvalue weighted by Crippen LogP contribution is -2.42. The molecule has 2 amide bonds. The van der Waals surface area contributed by atoms with Crippen LogP contribution in [0.3, 0.4) is 0 Å². The van der Waals surface area contributed by atoms with Gasteiger partial charge >= 0.3 is 6.03 Å². The number of carbonyl (C=O) groups excluding carboxylic acids is 1. The Morgan fingerprint density at radius 2 is 1.83 bits per heavy atom. The van der Waals surface area contributed by atoms with Gasteiger partial charge in [0.15, 0.2) is 0 Å². The average Bonchev–Trinajstić information content (AvgIpc) is 3.00. The molecule has 1 aliphatic rings. The van der Waals surface area contributed by atoms with E-state index >= 15 is 0 Å². The van der Waals surface area contributed by atoms with Gasteiger partial charge in [0.2, 0.25) is 0 Å². The molecule has 2 aromatic rings. The van der Waals surface area contributed by atoms with Gasteiger partial charge in [0, 0.05) is 11.3 Å². The second-order valence-corrected chi connectivity index (χ2v) is 5.96. The van der Waals surface area contributed by atoms with Gasteiger partial charge in [0.05, 0.1) is 12.1 Å². The molecular weight excluding hydrogens is 304 g/mol. The Hall–Kier alpha value is -2.53. The number of hydrogen-bond donors (Lipinski definition) is 3. The number of anilines is 1. The van der Waals surface area contributed by atoms with E-state index in [1.54, 1.807) is 0 Å². The molecule has 0 bridgehead atoms. The van der Waals surface area contributed by atoms with Gasteiger partial charge in [-0.25, -0.2) is 4.79 Å². The molecule has 3 N–H and O–H groups in total. The van der Waals surface area contributed by atoms with E-state index in [1.807, 2.05) is 54.6 Å². The fourth-order valence-electron chi connectivity index (χ4n) is 2.88. The third-order valence-electron chi connectivity index (χ3n) is 4.20. The number of rotatable bonds is 5. The van der Waals surface area contributed by atoms with Crippen molar-refractivity contribution in [2.75, 3.05) is 5.32 Å². The summed E-state index contributed by atoms with van der Waals surface area (Å²) >= 11 is 0. The number of benzene rings is 2. The van der Waals surface area contributed by atoms with Crippen molar-refractivity contribution in [3.8, 4) is 5.75 Å². The van der Waals surface area contributed by atoms with Crippen molar-refractivity contribution in [1.29, 1.82) is 0 Å². The molecule has 1 aliphatic carbocycles. The fourth-order valence-corrected chi connectivity index (χ4v) is 2.88. The van der Waals surface area contributed by atoms with Crippen LogP contribution in [0.4, 0.5) is 10.5 Å². The van der Waals surface area contributed by atoms with Gasteiger partial charge < -0.3 is 20.5 Å². The normalized spacial score (nSPS) is 19.7. The summed E-state index contributed by atoms with van der Waals surface area (Å²) in [4.78, 5) is 12.2. The van der Waals surface area contributed by atoms with Gasteiger partial charge in [0.1, 0.15) is 12.4 Å². The van der Waals surface area contributed by atoms with E-state index in [4.69, 9.17) is 4.74 Å². The van der Waals surface area contributed by atoms with Gasteiger partial charge in [-0.2, -0.15) is 0 Å². The summed E-state index contributed by atoms with van der Waals surface area (Å²) in [5.74, 6) is 0.783. The molecule has 0 radical (unpaired) electrons. The topological polar surface area (TPSA) is 70.6 Å². The van der Waals surface area contributed by atoms with E-state index in [-0.39, 0.29) is 12.1 Å². The highest BCUT2D eigenvalue weighted by Gasteiger charge is 2.26. The number of amides is 2. The summed E-state index contributed by atoms with van der Waals surface area (Å²) in [6.45, 7) is 0.368. The largest absolute Gasteiger partial charge is 0.489 e. The minimum atomic E-state index is -0.451. The number of carbonyl (C=O) groups is 1. The summed E-state index contributed by atoms with van der Waals surface area (Å²) in [5, 5.41) is 15.5. The van der Waals surface area contributed by atoms with Crippen LogP contribution in [0.5, 0.6) is 5.75 Å². The third kappa shape index (κ3) is 4.26. The van der Waals surface area contributed by atoms with E-state index in [1.165, 1.54) is 0 Å². The molecule has 2 atom stereocenters. The summed E-state index contributed by atoms with van der Waals surface area (Å²) in [5.41, 5.74) is 1.60. The van der Waals surface area contributed by atoms with Crippen LogP contribution < -0.4 is 15.4 Å². The highest BCUT2D eigenvalue weighted by molar-refractivity contribution is 5.90. The quantitative estimate of drug-likeness (QED) is 0.789. The van der Waals surface area contributed by atoms with Crippen LogP contribution in [0.2, 0.25) is 0 Å². The Bertz CT molecular complexity index is 675. The van der Waals surface area contributed by atoms with E-state index in [0.717, 1.165) is 30.6 Å². The molecule has 1 fully saturated rings. The summed E-state index contributed by atoms with van der Waals surface area (Å²) in [7, 11) is 0. The highest BCUT2D eigenvalue weighted by Crippen LogP contribution is 2.20. The molecule has 0 saturated heterocycles. The number of hydrogen-bond acceptors (Lipinski definition) is 3. The standard InChI is InChI=1S/C19H22N2O3/c22-18-12-6-11-17(18)21-19(23)20-16-10-5-4-7-14(16)13-24-15-8-2-1-3-9-15/h1-5,7-10,17-18,22H,6,11-13H2,(H2,20,21,23)/t17-,18-/m0/s1. The lowest BCUT2D eigenvalue weighted by Gasteiger charge is -2.18. The monoisotopic (exact) mass is 326 g/mol. The van der Waals surface area contributed by atoms with Gasteiger partial charge in [-0.05, 0) is 37.5 Å². The van der Waals surface area contributed by atoms with Gasteiger partial charge in [0.25, 0.3) is 0 Å². The Labute approximate surface area is 141 Å². The van der Waals surface area contributed by atoms with Gasteiger partial charge in [-0.3, -0.25) is 0 Å². The molecule has 0 aromatic heterocycles. The molecule has 0 unspecified atom stereocenters. The summed E-state index contributed by atoms with van der Waals surface area (Å²) in [6, 6.07) is 16.6. The molecule has 3 rings (SSSR count). The molecule has 5 heteroatoms. The minimum absolute atomic E-state index is 0.169. The highest BCUT2D eigenvalue weighted by atomic mass is 16.5. The van der Waals surface area contributed by atoms with Crippen molar-refractivity contribution in [3.05, 3.63) is 60.2 Å². The maximum absolute atomic E-state index is 12.2. The van der Waals surface area contributed by atoms with Crippen molar-refractivity contribution in [1.82, 2.24) is 5.32 Å². The predicted molar refractivity (Wildman–Crippen MR) is 93.0 cm³/mol. The van der Waals surface area contributed by atoms with Crippen LogP contribution in [-0.2, 0) is 6.61 Å². The first kappa shape index (κ1) is 16.3. The molecule has 126 valence electrons. The Balaban J connectivity index is 1.60. The summed E-state index contributed by atoms with van der Waals surface area (Å²) < 4.78 is 5.75. The molecule has 2 aromatic carbocycles. The molecule has 1 saturated carbocycles. The Morgan fingerprint density at radius 1 is 1.08 bits per heavy atom. The Morgan fingerprint density at radius 3 is 2.58 bits per heavy atom. The predicted octanol–water partition coefficient (Wildman–Crippen LogP) is 3.30. The van der Waals surface area contributed by atoms with Crippen LogP contribution >= 0.6 is 0 Å². The lowest BCUT2D eigenvalue weighted by molar-refractivity contribution is 0.151. The van der Waals surface area contributed by atoms with Crippen molar-refractivity contribution >= 4 is 11.7 Å². The van der Waals surface area contributed by atoms with E-state index < -0.39 is 6.10 Å². The molecule has 0 heterocycles.